The van der Waals surface area contributed by atoms with Crippen molar-refractivity contribution in [2.24, 2.45) is 11.8 Å². The molecule has 2 saturated heterocycles. The van der Waals surface area contributed by atoms with Gasteiger partial charge in [-0.05, 0) is 51.0 Å². The summed E-state index contributed by atoms with van der Waals surface area (Å²) in [6.45, 7) is 8.37. The van der Waals surface area contributed by atoms with Crippen molar-refractivity contribution in [2.75, 3.05) is 39.5 Å². The van der Waals surface area contributed by atoms with Crippen LogP contribution in [-0.2, 0) is 20.9 Å². The molecule has 3 aliphatic heterocycles. The third-order valence-electron chi connectivity index (χ3n) is 7.17. The smallest absolute Gasteiger partial charge is 0.236 e. The Morgan fingerprint density at radius 3 is 2.74 bits per heavy atom. The van der Waals surface area contributed by atoms with Crippen molar-refractivity contribution in [3.8, 4) is 5.75 Å². The van der Waals surface area contributed by atoms with E-state index in [1.807, 2.05) is 36.9 Å². The van der Waals surface area contributed by atoms with Gasteiger partial charge in [-0.2, -0.15) is 0 Å². The SMILES string of the molecule is CC(C)NC(=O)C[C@@H]1CCN2C[C@@H]1C=CCOc1ccccc1CN(C1CCOCC1)CC2=O. The molecule has 1 aromatic rings. The van der Waals surface area contributed by atoms with Gasteiger partial charge in [-0.1, -0.05) is 30.4 Å². The molecule has 2 amide bonds. The van der Waals surface area contributed by atoms with Crippen molar-refractivity contribution in [1.29, 1.82) is 0 Å². The molecule has 186 valence electrons. The molecule has 0 unspecified atom stereocenters. The van der Waals surface area contributed by atoms with Crippen molar-refractivity contribution in [1.82, 2.24) is 15.1 Å². The lowest BCUT2D eigenvalue weighted by atomic mass is 9.82. The van der Waals surface area contributed by atoms with Crippen LogP contribution in [0.4, 0.5) is 0 Å². The number of nitrogens with zero attached hydrogens (tertiary/aromatic N) is 2. The number of nitrogens with one attached hydrogen (secondary N) is 1. The van der Waals surface area contributed by atoms with Crippen LogP contribution < -0.4 is 10.1 Å². The summed E-state index contributed by atoms with van der Waals surface area (Å²) in [7, 11) is 0. The van der Waals surface area contributed by atoms with Gasteiger partial charge in [0.05, 0.1) is 6.54 Å². The van der Waals surface area contributed by atoms with Crippen molar-refractivity contribution in [3.63, 3.8) is 0 Å². The summed E-state index contributed by atoms with van der Waals surface area (Å²) < 4.78 is 11.7. The quantitative estimate of drug-likeness (QED) is 0.687. The van der Waals surface area contributed by atoms with E-state index in [0.717, 1.165) is 43.8 Å². The first kappa shape index (κ1) is 24.7. The minimum absolute atomic E-state index is 0.0898. The number of carbonyl (C=O) groups excluding carboxylic acids is 2. The largest absolute Gasteiger partial charge is 0.489 e. The molecule has 34 heavy (non-hydrogen) atoms. The second kappa shape index (κ2) is 11.8. The second-order valence-electron chi connectivity index (χ2n) is 10.1. The number of benzene rings is 1. The molecule has 3 aliphatic rings. The average Bonchev–Trinajstić information content (AvgIpc) is 2.83. The van der Waals surface area contributed by atoms with Crippen LogP contribution in [-0.4, -0.2) is 73.2 Å². The molecule has 7 heteroatoms. The van der Waals surface area contributed by atoms with Crippen molar-refractivity contribution < 1.29 is 19.1 Å². The Balaban J connectivity index is 1.55. The first-order valence-electron chi connectivity index (χ1n) is 12.8. The summed E-state index contributed by atoms with van der Waals surface area (Å²) in [6.07, 6.45) is 7.42. The maximum absolute atomic E-state index is 13.5. The first-order chi connectivity index (χ1) is 16.5. The molecule has 0 saturated carbocycles. The number of para-hydroxylation sites is 1. The number of amides is 2. The van der Waals surface area contributed by atoms with Gasteiger partial charge < -0.3 is 19.7 Å². The molecular weight excluding hydrogens is 430 g/mol. The van der Waals surface area contributed by atoms with Crippen molar-refractivity contribution in [2.45, 2.75) is 58.2 Å². The summed E-state index contributed by atoms with van der Waals surface area (Å²) in [5.41, 5.74) is 1.11. The lowest BCUT2D eigenvalue weighted by molar-refractivity contribution is -0.136. The van der Waals surface area contributed by atoms with Gasteiger partial charge in [-0.25, -0.2) is 0 Å². The number of rotatable bonds is 4. The standard InChI is InChI=1S/C27H39N3O4/c1-20(2)28-26(31)16-21-9-12-29-17-22(21)7-5-13-34-25-8-4-3-6-23(25)18-30(19-27(29)32)24-10-14-33-15-11-24/h3-8,20-22,24H,9-19H2,1-2H3,(H,28,31)/t21-,22-/m0/s1. The molecular formula is C27H39N3O4. The highest BCUT2D eigenvalue weighted by Gasteiger charge is 2.33. The van der Waals surface area contributed by atoms with E-state index in [0.29, 0.717) is 45.2 Å². The summed E-state index contributed by atoms with van der Waals surface area (Å²) >= 11 is 0. The van der Waals surface area contributed by atoms with Crippen LogP contribution in [0.1, 0.15) is 45.1 Å². The molecule has 2 fully saturated rings. The van der Waals surface area contributed by atoms with E-state index in [9.17, 15) is 9.59 Å². The topological polar surface area (TPSA) is 71.1 Å². The minimum atomic E-state index is 0.0898. The van der Waals surface area contributed by atoms with E-state index in [-0.39, 0.29) is 29.7 Å². The second-order valence-corrected chi connectivity index (χ2v) is 10.1. The van der Waals surface area contributed by atoms with Gasteiger partial charge in [0.15, 0.2) is 0 Å². The lowest BCUT2D eigenvalue weighted by Gasteiger charge is -2.39. The molecule has 7 nitrogen and oxygen atoms in total. The van der Waals surface area contributed by atoms with E-state index >= 15 is 0 Å². The Labute approximate surface area is 203 Å². The van der Waals surface area contributed by atoms with Gasteiger partial charge in [-0.15, -0.1) is 0 Å². The zero-order valence-electron chi connectivity index (χ0n) is 20.6. The monoisotopic (exact) mass is 469 g/mol. The molecule has 0 spiro atoms. The fourth-order valence-corrected chi connectivity index (χ4v) is 5.35. The Kier molecular flexibility index (Phi) is 8.62. The fourth-order valence-electron chi connectivity index (χ4n) is 5.35. The molecule has 3 heterocycles. The Morgan fingerprint density at radius 2 is 1.94 bits per heavy atom. The summed E-state index contributed by atoms with van der Waals surface area (Å²) in [6, 6.07) is 8.58. The normalized spacial score (nSPS) is 25.0. The zero-order valence-corrected chi connectivity index (χ0v) is 20.6. The van der Waals surface area contributed by atoms with Crippen LogP contribution in [0.15, 0.2) is 36.4 Å². The van der Waals surface area contributed by atoms with Gasteiger partial charge in [0.1, 0.15) is 12.4 Å². The number of ether oxygens (including phenoxy) is 2. The fraction of sp³-hybridized carbons (Fsp3) is 0.630. The van der Waals surface area contributed by atoms with E-state index in [1.165, 1.54) is 0 Å². The van der Waals surface area contributed by atoms with E-state index < -0.39 is 0 Å². The zero-order chi connectivity index (χ0) is 23.9. The minimum Gasteiger partial charge on any atom is -0.489 e. The molecule has 1 aromatic carbocycles. The predicted molar refractivity (Wildman–Crippen MR) is 131 cm³/mol. The van der Waals surface area contributed by atoms with Gasteiger partial charge in [0.25, 0.3) is 0 Å². The van der Waals surface area contributed by atoms with Crippen molar-refractivity contribution in [3.05, 3.63) is 42.0 Å². The van der Waals surface area contributed by atoms with E-state index in [1.54, 1.807) is 0 Å². The van der Waals surface area contributed by atoms with Gasteiger partial charge in [0, 0.05) is 56.9 Å². The van der Waals surface area contributed by atoms with E-state index in [4.69, 9.17) is 9.47 Å². The highest BCUT2D eigenvalue weighted by atomic mass is 16.5. The van der Waals surface area contributed by atoms with Gasteiger partial charge >= 0.3 is 0 Å². The average molecular weight is 470 g/mol. The molecule has 0 radical (unpaired) electrons. The highest BCUT2D eigenvalue weighted by molar-refractivity contribution is 5.79. The molecule has 4 rings (SSSR count). The molecule has 1 N–H and O–H groups in total. The van der Waals surface area contributed by atoms with Gasteiger partial charge in [0.2, 0.25) is 11.8 Å². The Morgan fingerprint density at radius 1 is 1.15 bits per heavy atom. The summed E-state index contributed by atoms with van der Waals surface area (Å²) in [4.78, 5) is 30.3. The third-order valence-corrected chi connectivity index (χ3v) is 7.17. The van der Waals surface area contributed by atoms with Crippen LogP contribution in [0.25, 0.3) is 0 Å². The Bertz CT molecular complexity index is 865. The first-order valence-corrected chi connectivity index (χ1v) is 12.8. The highest BCUT2D eigenvalue weighted by Crippen LogP contribution is 2.30. The molecule has 0 aliphatic carbocycles. The molecule has 0 aromatic heterocycles. The molecule has 2 atom stereocenters. The predicted octanol–water partition coefficient (Wildman–Crippen LogP) is 3.00. The van der Waals surface area contributed by atoms with Crippen molar-refractivity contribution >= 4 is 11.8 Å². The van der Waals surface area contributed by atoms with Crippen LogP contribution in [0.2, 0.25) is 0 Å². The number of carbonyl (C=O) groups is 2. The lowest BCUT2D eigenvalue weighted by Crippen LogP contribution is -2.50. The van der Waals surface area contributed by atoms with Crippen LogP contribution in [0, 0.1) is 11.8 Å². The van der Waals surface area contributed by atoms with Crippen LogP contribution in [0.5, 0.6) is 5.75 Å². The van der Waals surface area contributed by atoms with Crippen LogP contribution >= 0.6 is 0 Å². The maximum atomic E-state index is 13.5. The third kappa shape index (κ3) is 6.60. The van der Waals surface area contributed by atoms with Crippen LogP contribution in [0.3, 0.4) is 0 Å². The number of fused-ring (bicyclic) bond motifs is 3. The maximum Gasteiger partial charge on any atom is 0.236 e. The number of hydrogen-bond donors (Lipinski definition) is 1. The number of piperidine rings is 1. The summed E-state index contributed by atoms with van der Waals surface area (Å²) in [5.74, 6) is 1.50. The van der Waals surface area contributed by atoms with Gasteiger partial charge in [-0.3, -0.25) is 14.5 Å². The number of hydrogen-bond acceptors (Lipinski definition) is 5. The Hall–Kier alpha value is -2.38. The van der Waals surface area contributed by atoms with E-state index in [2.05, 4.69) is 28.4 Å². The molecule has 2 bridgehead atoms. The summed E-state index contributed by atoms with van der Waals surface area (Å²) in [5, 5.41) is 3.02.